The minimum absolute atomic E-state index is 0.0623. The number of benzene rings is 1. The van der Waals surface area contributed by atoms with Crippen LogP contribution in [0.3, 0.4) is 0 Å². The number of rotatable bonds is 4. The van der Waals surface area contributed by atoms with Gasteiger partial charge in [0.05, 0.1) is 11.3 Å². The van der Waals surface area contributed by atoms with Crippen LogP contribution in [0.5, 0.6) is 0 Å². The van der Waals surface area contributed by atoms with Gasteiger partial charge in [0.15, 0.2) is 0 Å². The van der Waals surface area contributed by atoms with Gasteiger partial charge in [-0.2, -0.15) is 0 Å². The lowest BCUT2D eigenvalue weighted by atomic mass is 10.1. The summed E-state index contributed by atoms with van der Waals surface area (Å²) in [5.41, 5.74) is 1.03. The second-order valence-electron chi connectivity index (χ2n) is 3.92. The Bertz CT molecular complexity index is 416. The van der Waals surface area contributed by atoms with E-state index in [4.69, 9.17) is 0 Å². The van der Waals surface area contributed by atoms with E-state index in [9.17, 15) is 9.59 Å². The van der Waals surface area contributed by atoms with E-state index in [-0.39, 0.29) is 17.7 Å². The molecule has 92 valence electrons. The van der Waals surface area contributed by atoms with Crippen molar-refractivity contribution < 1.29 is 9.59 Å². The number of nitrogens with one attached hydrogen (secondary N) is 2. The maximum atomic E-state index is 11.8. The topological polar surface area (TPSA) is 58.2 Å². The largest absolute Gasteiger partial charge is 0.355 e. The molecular weight excluding hydrogens is 216 g/mol. The average Bonchev–Trinajstić information content (AvgIpc) is 2.37. The van der Waals surface area contributed by atoms with Crippen molar-refractivity contribution in [1.82, 2.24) is 5.32 Å². The van der Waals surface area contributed by atoms with E-state index in [1.807, 2.05) is 13.8 Å². The molecule has 0 radical (unpaired) electrons. The van der Waals surface area contributed by atoms with E-state index in [0.29, 0.717) is 11.3 Å². The first-order valence-electron chi connectivity index (χ1n) is 5.72. The second kappa shape index (κ2) is 6.03. The number of hydrogen-bond donors (Lipinski definition) is 2. The lowest BCUT2D eigenvalue weighted by Crippen LogP contribution is -2.24. The Morgan fingerprint density at radius 2 is 1.94 bits per heavy atom. The fraction of sp³-hybridized carbons (Fsp3) is 0.385. The first-order valence-corrected chi connectivity index (χ1v) is 5.72. The summed E-state index contributed by atoms with van der Waals surface area (Å²) >= 11 is 0. The summed E-state index contributed by atoms with van der Waals surface area (Å²) in [6, 6.07) is 6.97. The molecule has 17 heavy (non-hydrogen) atoms. The van der Waals surface area contributed by atoms with Crippen molar-refractivity contribution in [2.45, 2.75) is 20.3 Å². The van der Waals surface area contributed by atoms with Gasteiger partial charge in [-0.15, -0.1) is 0 Å². The van der Waals surface area contributed by atoms with Crippen LogP contribution in [0.15, 0.2) is 24.3 Å². The molecule has 0 bridgehead atoms. The van der Waals surface area contributed by atoms with Gasteiger partial charge in [-0.1, -0.05) is 26.0 Å². The summed E-state index contributed by atoms with van der Waals surface area (Å²) in [6.07, 6.45) is 0.772. The highest BCUT2D eigenvalue weighted by Crippen LogP contribution is 2.16. The molecule has 1 rings (SSSR count). The summed E-state index contributed by atoms with van der Waals surface area (Å²) in [4.78, 5) is 23.4. The van der Waals surface area contributed by atoms with Crippen molar-refractivity contribution in [2.24, 2.45) is 5.92 Å². The van der Waals surface area contributed by atoms with E-state index >= 15 is 0 Å². The fourth-order valence-corrected chi connectivity index (χ4v) is 1.37. The zero-order chi connectivity index (χ0) is 12.8. The molecule has 0 aliphatic carbocycles. The second-order valence-corrected chi connectivity index (χ2v) is 3.92. The fourth-order valence-electron chi connectivity index (χ4n) is 1.37. The Balaban J connectivity index is 2.91. The summed E-state index contributed by atoms with van der Waals surface area (Å²) in [5, 5.41) is 5.32. The van der Waals surface area contributed by atoms with E-state index in [0.717, 1.165) is 6.42 Å². The molecule has 0 heterocycles. The van der Waals surface area contributed by atoms with Crippen molar-refractivity contribution in [1.29, 1.82) is 0 Å². The molecule has 4 heteroatoms. The molecule has 2 N–H and O–H groups in total. The number of hydrogen-bond acceptors (Lipinski definition) is 2. The predicted molar refractivity (Wildman–Crippen MR) is 67.9 cm³/mol. The molecule has 0 aliphatic rings. The molecule has 0 aromatic heterocycles. The third-order valence-electron chi connectivity index (χ3n) is 2.72. The van der Waals surface area contributed by atoms with Crippen LogP contribution in [-0.4, -0.2) is 18.9 Å². The van der Waals surface area contributed by atoms with E-state index < -0.39 is 0 Å². The minimum Gasteiger partial charge on any atom is -0.355 e. The summed E-state index contributed by atoms with van der Waals surface area (Å²) in [7, 11) is 1.57. The van der Waals surface area contributed by atoms with Crippen LogP contribution in [0.4, 0.5) is 5.69 Å². The maximum Gasteiger partial charge on any atom is 0.253 e. The SMILES string of the molecule is CCC(C)C(=O)Nc1ccccc1C(=O)NC. The monoisotopic (exact) mass is 234 g/mol. The third kappa shape index (κ3) is 3.31. The predicted octanol–water partition coefficient (Wildman–Crippen LogP) is 2.03. The summed E-state index contributed by atoms with van der Waals surface area (Å²) in [5.74, 6) is -0.332. The Labute approximate surface area is 101 Å². The summed E-state index contributed by atoms with van der Waals surface area (Å²) in [6.45, 7) is 3.81. The lowest BCUT2D eigenvalue weighted by Gasteiger charge is -2.12. The smallest absolute Gasteiger partial charge is 0.253 e. The maximum absolute atomic E-state index is 11.8. The van der Waals surface area contributed by atoms with Crippen LogP contribution in [0.1, 0.15) is 30.6 Å². The van der Waals surface area contributed by atoms with E-state index in [1.54, 1.807) is 31.3 Å². The van der Waals surface area contributed by atoms with Crippen molar-refractivity contribution in [3.63, 3.8) is 0 Å². The Morgan fingerprint density at radius 1 is 1.29 bits per heavy atom. The quantitative estimate of drug-likeness (QED) is 0.837. The van der Waals surface area contributed by atoms with Gasteiger partial charge in [0.25, 0.3) is 5.91 Å². The van der Waals surface area contributed by atoms with Crippen molar-refractivity contribution in [3.8, 4) is 0 Å². The van der Waals surface area contributed by atoms with Crippen LogP contribution < -0.4 is 10.6 Å². The van der Waals surface area contributed by atoms with Crippen molar-refractivity contribution in [3.05, 3.63) is 29.8 Å². The summed E-state index contributed by atoms with van der Waals surface area (Å²) < 4.78 is 0. The number of para-hydroxylation sites is 1. The molecule has 0 spiro atoms. The number of amides is 2. The molecule has 1 atom stereocenters. The Hall–Kier alpha value is -1.84. The molecule has 0 saturated heterocycles. The van der Waals surface area contributed by atoms with Crippen molar-refractivity contribution in [2.75, 3.05) is 12.4 Å². The molecular formula is C13H18N2O2. The first kappa shape index (κ1) is 13.2. The normalized spacial score (nSPS) is 11.7. The molecule has 0 saturated carbocycles. The van der Waals surface area contributed by atoms with Crippen LogP contribution in [0.2, 0.25) is 0 Å². The van der Waals surface area contributed by atoms with Gasteiger partial charge < -0.3 is 10.6 Å². The lowest BCUT2D eigenvalue weighted by molar-refractivity contribution is -0.119. The van der Waals surface area contributed by atoms with Gasteiger partial charge >= 0.3 is 0 Å². The van der Waals surface area contributed by atoms with Gasteiger partial charge in [-0.05, 0) is 18.6 Å². The van der Waals surface area contributed by atoms with Gasteiger partial charge in [-0.25, -0.2) is 0 Å². The number of carbonyl (C=O) groups excluding carboxylic acids is 2. The highest BCUT2D eigenvalue weighted by Gasteiger charge is 2.14. The molecule has 1 unspecified atom stereocenters. The van der Waals surface area contributed by atoms with Gasteiger partial charge in [0.2, 0.25) is 5.91 Å². The van der Waals surface area contributed by atoms with Crippen LogP contribution in [0, 0.1) is 5.92 Å². The molecule has 1 aromatic rings. The number of anilines is 1. The first-order chi connectivity index (χ1) is 8.10. The van der Waals surface area contributed by atoms with E-state index in [1.165, 1.54) is 0 Å². The van der Waals surface area contributed by atoms with Gasteiger partial charge in [0, 0.05) is 13.0 Å². The number of carbonyl (C=O) groups is 2. The van der Waals surface area contributed by atoms with Crippen LogP contribution >= 0.6 is 0 Å². The molecule has 0 aliphatic heterocycles. The molecule has 2 amide bonds. The Kier molecular flexibility index (Phi) is 4.69. The molecule has 0 fully saturated rings. The molecule has 1 aromatic carbocycles. The van der Waals surface area contributed by atoms with Crippen molar-refractivity contribution >= 4 is 17.5 Å². The van der Waals surface area contributed by atoms with Crippen LogP contribution in [-0.2, 0) is 4.79 Å². The third-order valence-corrected chi connectivity index (χ3v) is 2.72. The van der Waals surface area contributed by atoms with Gasteiger partial charge in [0.1, 0.15) is 0 Å². The minimum atomic E-state index is -0.204. The van der Waals surface area contributed by atoms with Gasteiger partial charge in [-0.3, -0.25) is 9.59 Å². The highest BCUT2D eigenvalue weighted by atomic mass is 16.2. The molecule has 4 nitrogen and oxygen atoms in total. The standard InChI is InChI=1S/C13H18N2O2/c1-4-9(2)12(16)15-11-8-6-5-7-10(11)13(17)14-3/h5-9H,4H2,1-3H3,(H,14,17)(H,15,16). The zero-order valence-electron chi connectivity index (χ0n) is 10.4. The van der Waals surface area contributed by atoms with Crippen LogP contribution in [0.25, 0.3) is 0 Å². The zero-order valence-corrected chi connectivity index (χ0v) is 10.4. The Morgan fingerprint density at radius 3 is 2.53 bits per heavy atom. The average molecular weight is 234 g/mol. The highest BCUT2D eigenvalue weighted by molar-refractivity contribution is 6.03. The van der Waals surface area contributed by atoms with E-state index in [2.05, 4.69) is 10.6 Å².